The second kappa shape index (κ2) is 4.77. The molecule has 0 saturated carbocycles. The van der Waals surface area contributed by atoms with Crippen LogP contribution in [0.5, 0.6) is 0 Å². The Morgan fingerprint density at radius 3 is 2.13 bits per heavy atom. The van der Waals surface area contributed by atoms with Gasteiger partial charge in [-0.15, -0.1) is 0 Å². The summed E-state index contributed by atoms with van der Waals surface area (Å²) in [6.07, 6.45) is -0.528. The van der Waals surface area contributed by atoms with Crippen molar-refractivity contribution in [2.75, 3.05) is 0 Å². The molecule has 0 aromatic heterocycles. The SMILES string of the molecule is O[C@@H](c1ccccc1)c1ccccc1I. The summed E-state index contributed by atoms with van der Waals surface area (Å²) in [5, 5.41) is 10.2. The number of hydrogen-bond acceptors (Lipinski definition) is 1. The molecule has 2 rings (SSSR count). The van der Waals surface area contributed by atoms with Crippen molar-refractivity contribution in [3.8, 4) is 0 Å². The normalized spacial score (nSPS) is 12.4. The van der Waals surface area contributed by atoms with Crippen molar-refractivity contribution in [2.45, 2.75) is 6.10 Å². The van der Waals surface area contributed by atoms with E-state index in [-0.39, 0.29) is 0 Å². The van der Waals surface area contributed by atoms with Crippen LogP contribution in [0.15, 0.2) is 54.6 Å². The molecule has 2 aromatic rings. The van der Waals surface area contributed by atoms with Gasteiger partial charge in [0.15, 0.2) is 0 Å². The minimum Gasteiger partial charge on any atom is -0.384 e. The van der Waals surface area contributed by atoms with Crippen molar-refractivity contribution in [3.05, 3.63) is 69.3 Å². The van der Waals surface area contributed by atoms with Crippen LogP contribution in [-0.4, -0.2) is 5.11 Å². The predicted molar refractivity (Wildman–Crippen MR) is 69.7 cm³/mol. The Labute approximate surface area is 103 Å². The zero-order valence-electron chi connectivity index (χ0n) is 8.10. The Bertz CT molecular complexity index is 439. The van der Waals surface area contributed by atoms with Crippen LogP contribution in [0.2, 0.25) is 0 Å². The molecule has 0 fully saturated rings. The Balaban J connectivity index is 2.37. The minimum absolute atomic E-state index is 0.528. The lowest BCUT2D eigenvalue weighted by Gasteiger charge is -2.12. The number of benzene rings is 2. The molecule has 0 aliphatic rings. The van der Waals surface area contributed by atoms with Crippen LogP contribution in [0.1, 0.15) is 17.2 Å². The average Bonchev–Trinajstić information content (AvgIpc) is 2.30. The fourth-order valence-corrected chi connectivity index (χ4v) is 2.19. The highest BCUT2D eigenvalue weighted by Gasteiger charge is 2.11. The van der Waals surface area contributed by atoms with Crippen LogP contribution in [0.25, 0.3) is 0 Å². The third-order valence-corrected chi connectivity index (χ3v) is 3.30. The first-order chi connectivity index (χ1) is 7.29. The maximum Gasteiger partial charge on any atom is 0.105 e. The fourth-order valence-electron chi connectivity index (χ4n) is 1.51. The average molecular weight is 310 g/mol. The van der Waals surface area contributed by atoms with E-state index in [1.165, 1.54) is 0 Å². The first kappa shape index (κ1) is 10.6. The molecule has 0 saturated heterocycles. The van der Waals surface area contributed by atoms with E-state index in [1.807, 2.05) is 54.6 Å². The van der Waals surface area contributed by atoms with Crippen LogP contribution in [0.4, 0.5) is 0 Å². The van der Waals surface area contributed by atoms with E-state index in [9.17, 15) is 5.11 Å². The molecule has 1 nitrogen and oxygen atoms in total. The molecule has 1 atom stereocenters. The molecule has 0 spiro atoms. The van der Waals surface area contributed by atoms with Gasteiger partial charge in [0.2, 0.25) is 0 Å². The molecule has 0 heterocycles. The Kier molecular flexibility index (Phi) is 3.38. The molecule has 0 amide bonds. The van der Waals surface area contributed by atoms with Crippen molar-refractivity contribution in [1.82, 2.24) is 0 Å². The van der Waals surface area contributed by atoms with Gasteiger partial charge in [-0.2, -0.15) is 0 Å². The molecule has 0 unspecified atom stereocenters. The second-order valence-electron chi connectivity index (χ2n) is 3.33. The van der Waals surface area contributed by atoms with E-state index in [4.69, 9.17) is 0 Å². The minimum atomic E-state index is -0.528. The number of aliphatic hydroxyl groups is 1. The van der Waals surface area contributed by atoms with Crippen molar-refractivity contribution in [1.29, 1.82) is 0 Å². The molecular formula is C13H11IO. The molecular weight excluding hydrogens is 299 g/mol. The van der Waals surface area contributed by atoms with Crippen LogP contribution >= 0.6 is 22.6 Å². The molecule has 1 N–H and O–H groups in total. The summed E-state index contributed by atoms with van der Waals surface area (Å²) in [6.45, 7) is 0. The second-order valence-corrected chi connectivity index (χ2v) is 4.50. The summed E-state index contributed by atoms with van der Waals surface area (Å²) in [4.78, 5) is 0. The van der Waals surface area contributed by atoms with E-state index in [0.29, 0.717) is 0 Å². The molecule has 0 aliphatic carbocycles. The Hall–Kier alpha value is -0.870. The van der Waals surface area contributed by atoms with Crippen molar-refractivity contribution < 1.29 is 5.11 Å². The maximum absolute atomic E-state index is 10.2. The molecule has 0 bridgehead atoms. The monoisotopic (exact) mass is 310 g/mol. The highest BCUT2D eigenvalue weighted by molar-refractivity contribution is 14.1. The van der Waals surface area contributed by atoms with Crippen LogP contribution < -0.4 is 0 Å². The van der Waals surface area contributed by atoms with Crippen molar-refractivity contribution in [3.63, 3.8) is 0 Å². The molecule has 0 aliphatic heterocycles. The van der Waals surface area contributed by atoms with Crippen molar-refractivity contribution >= 4 is 22.6 Å². The number of hydrogen-bond donors (Lipinski definition) is 1. The van der Waals surface area contributed by atoms with Crippen LogP contribution in [0.3, 0.4) is 0 Å². The summed E-state index contributed by atoms with van der Waals surface area (Å²) in [7, 11) is 0. The largest absolute Gasteiger partial charge is 0.384 e. The van der Waals surface area contributed by atoms with Gasteiger partial charge in [0.05, 0.1) is 0 Å². The molecule has 15 heavy (non-hydrogen) atoms. The number of rotatable bonds is 2. The summed E-state index contributed by atoms with van der Waals surface area (Å²) >= 11 is 2.24. The molecule has 76 valence electrons. The van der Waals surface area contributed by atoms with Gasteiger partial charge in [0, 0.05) is 3.57 Å². The van der Waals surface area contributed by atoms with E-state index in [0.717, 1.165) is 14.7 Å². The van der Waals surface area contributed by atoms with Gasteiger partial charge in [-0.25, -0.2) is 0 Å². The summed E-state index contributed by atoms with van der Waals surface area (Å²) < 4.78 is 1.09. The molecule has 2 aromatic carbocycles. The summed E-state index contributed by atoms with van der Waals surface area (Å²) in [6, 6.07) is 17.6. The topological polar surface area (TPSA) is 20.2 Å². The highest BCUT2D eigenvalue weighted by Crippen LogP contribution is 2.25. The third kappa shape index (κ3) is 2.38. The van der Waals surface area contributed by atoms with Gasteiger partial charge >= 0.3 is 0 Å². The predicted octanol–water partition coefficient (Wildman–Crippen LogP) is 3.37. The Morgan fingerprint density at radius 1 is 0.867 bits per heavy atom. The maximum atomic E-state index is 10.2. The van der Waals surface area contributed by atoms with E-state index >= 15 is 0 Å². The first-order valence-corrected chi connectivity index (χ1v) is 5.84. The summed E-state index contributed by atoms with van der Waals surface area (Å²) in [5.41, 5.74) is 1.89. The highest BCUT2D eigenvalue weighted by atomic mass is 127. The van der Waals surface area contributed by atoms with Gasteiger partial charge in [-0.05, 0) is 39.8 Å². The quantitative estimate of drug-likeness (QED) is 0.843. The number of aliphatic hydroxyl groups excluding tert-OH is 1. The fraction of sp³-hybridized carbons (Fsp3) is 0.0769. The van der Waals surface area contributed by atoms with Gasteiger partial charge < -0.3 is 5.11 Å². The Morgan fingerprint density at radius 2 is 1.47 bits per heavy atom. The van der Waals surface area contributed by atoms with Crippen molar-refractivity contribution in [2.24, 2.45) is 0 Å². The third-order valence-electron chi connectivity index (χ3n) is 2.32. The number of halogens is 1. The van der Waals surface area contributed by atoms with E-state index in [1.54, 1.807) is 0 Å². The van der Waals surface area contributed by atoms with Gasteiger partial charge in [-0.3, -0.25) is 0 Å². The van der Waals surface area contributed by atoms with Gasteiger partial charge in [0.25, 0.3) is 0 Å². The smallest absolute Gasteiger partial charge is 0.105 e. The standard InChI is InChI=1S/C13H11IO/c14-12-9-5-4-8-11(12)13(15)10-6-2-1-3-7-10/h1-9,13,15H/t13-/m0/s1. The zero-order valence-corrected chi connectivity index (χ0v) is 10.3. The zero-order chi connectivity index (χ0) is 10.7. The van der Waals surface area contributed by atoms with E-state index in [2.05, 4.69) is 22.6 Å². The lowest BCUT2D eigenvalue weighted by Crippen LogP contribution is -2.01. The lowest BCUT2D eigenvalue weighted by molar-refractivity contribution is 0.219. The molecule has 0 radical (unpaired) electrons. The van der Waals surface area contributed by atoms with Gasteiger partial charge in [0.1, 0.15) is 6.10 Å². The lowest BCUT2D eigenvalue weighted by atomic mass is 10.0. The summed E-state index contributed by atoms with van der Waals surface area (Å²) in [5.74, 6) is 0. The van der Waals surface area contributed by atoms with E-state index < -0.39 is 6.10 Å². The van der Waals surface area contributed by atoms with Crippen LogP contribution in [-0.2, 0) is 0 Å². The van der Waals surface area contributed by atoms with Gasteiger partial charge in [-0.1, -0.05) is 48.5 Å². The first-order valence-electron chi connectivity index (χ1n) is 4.76. The van der Waals surface area contributed by atoms with Crippen LogP contribution in [0, 0.1) is 3.57 Å². The molecule has 2 heteroatoms.